The molecule has 1 aromatic heterocycles. The van der Waals surface area contributed by atoms with Crippen LogP contribution in [0.1, 0.15) is 18.4 Å². The summed E-state index contributed by atoms with van der Waals surface area (Å²) in [5.41, 5.74) is 7.35. The van der Waals surface area contributed by atoms with Gasteiger partial charge in [-0.25, -0.2) is 0 Å². The number of carbonyl (C=O) groups is 1. The van der Waals surface area contributed by atoms with Crippen molar-refractivity contribution in [1.82, 2.24) is 9.88 Å². The van der Waals surface area contributed by atoms with E-state index in [1.165, 1.54) is 0 Å². The number of H-pyrrole nitrogens is 1. The molecule has 0 aliphatic heterocycles. The standard InChI is InChI=1S/C16H24N3O4P/c1-19(2)10-8-12-11-18-13-5-3-6-14(16(12)13)22-24(21)23-15(20)7-4-9-17/h3,5-6,11,18,21H,4,7-10,17H2,1-2H3. The van der Waals surface area contributed by atoms with Crippen LogP contribution in [-0.4, -0.2) is 47.9 Å². The average molecular weight is 353 g/mol. The number of aromatic nitrogens is 1. The van der Waals surface area contributed by atoms with Crippen molar-refractivity contribution < 1.29 is 18.7 Å². The number of nitrogens with one attached hydrogen (secondary N) is 1. The summed E-state index contributed by atoms with van der Waals surface area (Å²) in [5, 5.41) is 0.902. The quantitative estimate of drug-likeness (QED) is 0.597. The lowest BCUT2D eigenvalue weighted by molar-refractivity contribution is -0.134. The average Bonchev–Trinajstić information content (AvgIpc) is 2.95. The van der Waals surface area contributed by atoms with Gasteiger partial charge in [0.1, 0.15) is 5.75 Å². The van der Waals surface area contributed by atoms with E-state index in [-0.39, 0.29) is 6.42 Å². The van der Waals surface area contributed by atoms with Crippen LogP contribution in [0.25, 0.3) is 10.9 Å². The fourth-order valence-electron chi connectivity index (χ4n) is 2.32. The molecule has 0 aliphatic rings. The summed E-state index contributed by atoms with van der Waals surface area (Å²) in [4.78, 5) is 26.8. The Bertz CT molecular complexity index is 674. The van der Waals surface area contributed by atoms with Gasteiger partial charge in [0.25, 0.3) is 0 Å². The molecule has 24 heavy (non-hydrogen) atoms. The maximum Gasteiger partial charge on any atom is 0.462 e. The van der Waals surface area contributed by atoms with Crippen LogP contribution in [-0.2, 0) is 15.7 Å². The first-order chi connectivity index (χ1) is 11.5. The third-order valence-corrected chi connectivity index (χ3v) is 4.23. The van der Waals surface area contributed by atoms with Gasteiger partial charge in [-0.2, -0.15) is 0 Å². The molecule has 4 N–H and O–H groups in total. The molecule has 1 aromatic carbocycles. The maximum atomic E-state index is 11.5. The van der Waals surface area contributed by atoms with E-state index in [0.29, 0.717) is 18.7 Å². The third-order valence-electron chi connectivity index (χ3n) is 3.52. The molecule has 2 rings (SSSR count). The molecule has 0 radical (unpaired) electrons. The van der Waals surface area contributed by atoms with Crippen LogP contribution < -0.4 is 10.3 Å². The van der Waals surface area contributed by atoms with E-state index in [1.54, 1.807) is 6.07 Å². The Labute approximate surface area is 142 Å². The molecule has 8 heteroatoms. The van der Waals surface area contributed by atoms with Crippen LogP contribution in [0.2, 0.25) is 0 Å². The Kier molecular flexibility index (Phi) is 6.99. The number of hydrogen-bond donors (Lipinski definition) is 3. The highest BCUT2D eigenvalue weighted by atomic mass is 31.2. The molecule has 1 atom stereocenters. The number of aromatic amines is 1. The van der Waals surface area contributed by atoms with E-state index in [4.69, 9.17) is 14.8 Å². The molecule has 0 aliphatic carbocycles. The number of nitrogens with two attached hydrogens (primary N) is 1. The summed E-state index contributed by atoms with van der Waals surface area (Å²) in [7, 11) is 1.71. The summed E-state index contributed by atoms with van der Waals surface area (Å²) in [6.45, 7) is 1.29. The third kappa shape index (κ3) is 5.18. The van der Waals surface area contributed by atoms with Crippen molar-refractivity contribution in [3.63, 3.8) is 0 Å². The first kappa shape index (κ1) is 18.7. The molecule has 0 spiro atoms. The van der Waals surface area contributed by atoms with E-state index < -0.39 is 14.6 Å². The Balaban J connectivity index is 2.10. The van der Waals surface area contributed by atoms with Gasteiger partial charge in [0.2, 0.25) is 0 Å². The topological polar surface area (TPSA) is 101 Å². The summed E-state index contributed by atoms with van der Waals surface area (Å²) in [5.74, 6) is -0.00845. The fourth-order valence-corrected chi connectivity index (χ4v) is 2.94. The van der Waals surface area contributed by atoms with Gasteiger partial charge in [-0.3, -0.25) is 4.79 Å². The van der Waals surface area contributed by atoms with E-state index in [0.717, 1.165) is 29.4 Å². The highest BCUT2D eigenvalue weighted by Crippen LogP contribution is 2.40. The van der Waals surface area contributed by atoms with Gasteiger partial charge in [0.15, 0.2) is 0 Å². The SMILES string of the molecule is CN(C)CCc1c[nH]c2cccc(OP(O)OC(=O)CCCN)c12. The van der Waals surface area contributed by atoms with E-state index in [2.05, 4.69) is 9.88 Å². The Morgan fingerprint density at radius 1 is 1.42 bits per heavy atom. The lowest BCUT2D eigenvalue weighted by Gasteiger charge is -2.13. The largest absolute Gasteiger partial charge is 0.462 e. The van der Waals surface area contributed by atoms with Crippen LogP contribution in [0.4, 0.5) is 0 Å². The molecule has 132 valence electrons. The normalized spacial score (nSPS) is 12.5. The second-order valence-corrected chi connectivity index (χ2v) is 6.57. The van der Waals surface area contributed by atoms with Gasteiger partial charge < -0.3 is 29.6 Å². The summed E-state index contributed by atoms with van der Waals surface area (Å²) >= 11 is 0. The molecule has 2 aromatic rings. The molecule has 0 bridgehead atoms. The highest BCUT2D eigenvalue weighted by molar-refractivity contribution is 7.41. The van der Waals surface area contributed by atoms with E-state index in [9.17, 15) is 9.69 Å². The van der Waals surface area contributed by atoms with Gasteiger partial charge in [0.05, 0.1) is 0 Å². The minimum atomic E-state index is -2.32. The summed E-state index contributed by atoms with van der Waals surface area (Å²) in [6.07, 6.45) is 3.46. The second-order valence-electron chi connectivity index (χ2n) is 5.73. The van der Waals surface area contributed by atoms with Crippen LogP contribution in [0.3, 0.4) is 0 Å². The van der Waals surface area contributed by atoms with Gasteiger partial charge in [-0.05, 0) is 51.2 Å². The lowest BCUT2D eigenvalue weighted by Crippen LogP contribution is -2.14. The molecule has 0 fully saturated rings. The number of likely N-dealkylation sites (N-methyl/N-ethyl adjacent to an activating group) is 1. The monoisotopic (exact) mass is 353 g/mol. The van der Waals surface area contributed by atoms with Crippen molar-refractivity contribution in [3.8, 4) is 5.75 Å². The summed E-state index contributed by atoms with van der Waals surface area (Å²) in [6, 6.07) is 5.52. The Morgan fingerprint density at radius 2 is 2.21 bits per heavy atom. The van der Waals surface area contributed by atoms with Crippen LogP contribution in [0.15, 0.2) is 24.4 Å². The molecule has 0 saturated heterocycles. The van der Waals surface area contributed by atoms with Crippen molar-refractivity contribution >= 4 is 25.5 Å². The van der Waals surface area contributed by atoms with E-state index >= 15 is 0 Å². The zero-order valence-electron chi connectivity index (χ0n) is 14.0. The van der Waals surface area contributed by atoms with Crippen molar-refractivity contribution in [3.05, 3.63) is 30.0 Å². The van der Waals surface area contributed by atoms with Crippen molar-refractivity contribution in [2.45, 2.75) is 19.3 Å². The number of benzene rings is 1. The first-order valence-electron chi connectivity index (χ1n) is 7.82. The zero-order valence-corrected chi connectivity index (χ0v) is 14.9. The van der Waals surface area contributed by atoms with Gasteiger partial charge in [0, 0.05) is 30.1 Å². The van der Waals surface area contributed by atoms with Crippen molar-refractivity contribution in [2.75, 3.05) is 27.2 Å². The minimum Gasteiger partial charge on any atom is -0.417 e. The number of nitrogens with zero attached hydrogens (tertiary/aromatic N) is 1. The van der Waals surface area contributed by atoms with Crippen LogP contribution in [0, 0.1) is 0 Å². The number of carbonyl (C=O) groups excluding carboxylic acids is 1. The molecule has 1 heterocycles. The molecular formula is C16H24N3O4P. The fraction of sp³-hybridized carbons (Fsp3) is 0.438. The Morgan fingerprint density at radius 3 is 2.92 bits per heavy atom. The first-order valence-corrected chi connectivity index (χ1v) is 8.96. The predicted molar refractivity (Wildman–Crippen MR) is 94.7 cm³/mol. The lowest BCUT2D eigenvalue weighted by atomic mass is 10.1. The number of fused-ring (bicyclic) bond motifs is 1. The van der Waals surface area contributed by atoms with Gasteiger partial charge in [-0.15, -0.1) is 0 Å². The summed E-state index contributed by atoms with van der Waals surface area (Å²) < 4.78 is 10.4. The van der Waals surface area contributed by atoms with Gasteiger partial charge in [-0.1, -0.05) is 6.07 Å². The number of hydrogen-bond acceptors (Lipinski definition) is 6. The molecule has 0 amide bonds. The predicted octanol–water partition coefficient (Wildman–Crippen LogP) is 2.15. The molecule has 0 saturated carbocycles. The zero-order chi connectivity index (χ0) is 17.5. The highest BCUT2D eigenvalue weighted by Gasteiger charge is 2.18. The maximum absolute atomic E-state index is 11.5. The minimum absolute atomic E-state index is 0.168. The number of rotatable bonds is 9. The van der Waals surface area contributed by atoms with Crippen LogP contribution in [0.5, 0.6) is 5.75 Å². The van der Waals surface area contributed by atoms with Crippen molar-refractivity contribution in [2.24, 2.45) is 5.73 Å². The van der Waals surface area contributed by atoms with E-state index in [1.807, 2.05) is 32.4 Å². The second kappa shape index (κ2) is 8.99. The van der Waals surface area contributed by atoms with Crippen LogP contribution >= 0.6 is 8.60 Å². The molecule has 1 unspecified atom stereocenters. The smallest absolute Gasteiger partial charge is 0.417 e. The molecule has 7 nitrogen and oxygen atoms in total. The van der Waals surface area contributed by atoms with Gasteiger partial charge >= 0.3 is 14.6 Å². The molecular weight excluding hydrogens is 329 g/mol. The van der Waals surface area contributed by atoms with Crippen molar-refractivity contribution in [1.29, 1.82) is 0 Å². The Hall–Kier alpha value is -1.66.